The maximum Gasteiger partial charge on any atom is 0.234 e. The van der Waals surface area contributed by atoms with Crippen LogP contribution in [0.15, 0.2) is 29.4 Å². The lowest BCUT2D eigenvalue weighted by molar-refractivity contribution is -0.113. The van der Waals surface area contributed by atoms with Crippen LogP contribution in [0.5, 0.6) is 0 Å². The van der Waals surface area contributed by atoms with E-state index in [0.717, 1.165) is 62.2 Å². The molecule has 2 heterocycles. The van der Waals surface area contributed by atoms with Crippen LogP contribution in [0.4, 0.5) is 11.4 Å². The standard InChI is InChI=1S/C21H30N4O2S/c1-4-5-10-25-17(3)16(2)22-21(25)28-15-20(26)23-18-6-8-19(9-7-18)24-11-13-27-14-12-24/h6-9H,4-5,10-15H2,1-3H3,(H,23,26). The first kappa shape index (κ1) is 20.7. The van der Waals surface area contributed by atoms with Crippen LogP contribution in [0.25, 0.3) is 0 Å². The summed E-state index contributed by atoms with van der Waals surface area (Å²) in [5.41, 5.74) is 4.22. The number of rotatable bonds is 8. The van der Waals surface area contributed by atoms with E-state index in [0.29, 0.717) is 5.75 Å². The number of imidazole rings is 1. The number of nitrogens with zero attached hydrogens (tertiary/aromatic N) is 3. The first-order valence-corrected chi connectivity index (χ1v) is 11.0. The van der Waals surface area contributed by atoms with Gasteiger partial charge in [-0.1, -0.05) is 25.1 Å². The molecule has 0 saturated carbocycles. The lowest BCUT2D eigenvalue weighted by atomic mass is 10.2. The first-order chi connectivity index (χ1) is 13.6. The zero-order chi connectivity index (χ0) is 19.9. The van der Waals surface area contributed by atoms with E-state index in [9.17, 15) is 4.79 Å². The third kappa shape index (κ3) is 5.29. The molecular formula is C21H30N4O2S. The van der Waals surface area contributed by atoms with Crippen molar-refractivity contribution in [2.45, 2.75) is 45.3 Å². The first-order valence-electron chi connectivity index (χ1n) is 9.97. The van der Waals surface area contributed by atoms with Gasteiger partial charge in [0.05, 0.1) is 24.7 Å². The van der Waals surface area contributed by atoms with Crippen molar-refractivity contribution in [1.82, 2.24) is 9.55 Å². The van der Waals surface area contributed by atoms with Crippen LogP contribution >= 0.6 is 11.8 Å². The molecule has 28 heavy (non-hydrogen) atoms. The number of amides is 1. The Labute approximate surface area is 171 Å². The van der Waals surface area contributed by atoms with Crippen LogP contribution in [-0.4, -0.2) is 47.5 Å². The van der Waals surface area contributed by atoms with E-state index in [-0.39, 0.29) is 5.91 Å². The molecule has 7 heteroatoms. The zero-order valence-corrected chi connectivity index (χ0v) is 17.8. The Balaban J connectivity index is 1.54. The number of aromatic nitrogens is 2. The quantitative estimate of drug-likeness (QED) is 0.679. The Morgan fingerprint density at radius 3 is 2.61 bits per heavy atom. The van der Waals surface area contributed by atoms with E-state index < -0.39 is 0 Å². The van der Waals surface area contributed by atoms with E-state index in [4.69, 9.17) is 4.74 Å². The molecule has 1 aromatic carbocycles. The summed E-state index contributed by atoms with van der Waals surface area (Å²) >= 11 is 1.50. The average molecular weight is 403 g/mol. The van der Waals surface area contributed by atoms with Gasteiger partial charge in [0.25, 0.3) is 0 Å². The maximum absolute atomic E-state index is 12.4. The van der Waals surface area contributed by atoms with Gasteiger partial charge in [-0.05, 0) is 44.5 Å². The number of anilines is 2. The second-order valence-electron chi connectivity index (χ2n) is 7.05. The molecule has 1 saturated heterocycles. The molecule has 152 valence electrons. The molecule has 0 unspecified atom stereocenters. The molecule has 0 atom stereocenters. The summed E-state index contributed by atoms with van der Waals surface area (Å²) in [6.45, 7) is 10.6. The zero-order valence-electron chi connectivity index (χ0n) is 17.0. The molecule has 1 fully saturated rings. The molecule has 0 aliphatic carbocycles. The number of nitrogens with one attached hydrogen (secondary N) is 1. The molecule has 2 aromatic rings. The van der Waals surface area contributed by atoms with Crippen molar-refractivity contribution in [2.75, 3.05) is 42.3 Å². The van der Waals surface area contributed by atoms with Crippen molar-refractivity contribution in [2.24, 2.45) is 0 Å². The van der Waals surface area contributed by atoms with Crippen LogP contribution in [0.2, 0.25) is 0 Å². The largest absolute Gasteiger partial charge is 0.378 e. The Morgan fingerprint density at radius 2 is 1.93 bits per heavy atom. The Hall–Kier alpha value is -1.99. The van der Waals surface area contributed by atoms with Crippen molar-refractivity contribution in [3.05, 3.63) is 35.7 Å². The lowest BCUT2D eigenvalue weighted by Gasteiger charge is -2.28. The van der Waals surface area contributed by atoms with Gasteiger partial charge in [-0.15, -0.1) is 0 Å². The van der Waals surface area contributed by atoms with Crippen molar-refractivity contribution in [3.8, 4) is 0 Å². The Bertz CT molecular complexity index is 782. The molecule has 1 aliphatic heterocycles. The summed E-state index contributed by atoms with van der Waals surface area (Å²) in [5.74, 6) is 0.345. The number of carbonyl (C=O) groups is 1. The Kier molecular flexibility index (Phi) is 7.39. The monoisotopic (exact) mass is 402 g/mol. The minimum atomic E-state index is -0.00975. The van der Waals surface area contributed by atoms with Gasteiger partial charge in [-0.2, -0.15) is 0 Å². The summed E-state index contributed by atoms with van der Waals surface area (Å²) in [6, 6.07) is 8.03. The highest BCUT2D eigenvalue weighted by atomic mass is 32.2. The van der Waals surface area contributed by atoms with E-state index in [1.165, 1.54) is 23.1 Å². The summed E-state index contributed by atoms with van der Waals surface area (Å²) in [7, 11) is 0. The topological polar surface area (TPSA) is 59.4 Å². The molecule has 1 N–H and O–H groups in total. The minimum absolute atomic E-state index is 0.00975. The maximum atomic E-state index is 12.4. The van der Waals surface area contributed by atoms with Crippen LogP contribution < -0.4 is 10.2 Å². The predicted octanol–water partition coefficient (Wildman–Crippen LogP) is 3.87. The van der Waals surface area contributed by atoms with Crippen molar-refractivity contribution in [1.29, 1.82) is 0 Å². The number of ether oxygens (including phenoxy) is 1. The molecule has 0 spiro atoms. The van der Waals surface area contributed by atoms with Crippen LogP contribution in [0, 0.1) is 13.8 Å². The summed E-state index contributed by atoms with van der Waals surface area (Å²) in [4.78, 5) is 19.3. The van der Waals surface area contributed by atoms with Gasteiger partial charge in [-0.3, -0.25) is 4.79 Å². The highest BCUT2D eigenvalue weighted by molar-refractivity contribution is 7.99. The summed E-state index contributed by atoms with van der Waals surface area (Å²) in [6.07, 6.45) is 2.26. The molecule has 6 nitrogen and oxygen atoms in total. The molecule has 1 aromatic heterocycles. The molecule has 1 amide bonds. The normalized spacial score (nSPS) is 14.3. The fraction of sp³-hybridized carbons (Fsp3) is 0.524. The van der Waals surface area contributed by atoms with Gasteiger partial charge in [0.1, 0.15) is 0 Å². The van der Waals surface area contributed by atoms with E-state index in [1.807, 2.05) is 19.1 Å². The van der Waals surface area contributed by atoms with Gasteiger partial charge >= 0.3 is 0 Å². The van der Waals surface area contributed by atoms with E-state index >= 15 is 0 Å². The van der Waals surface area contributed by atoms with Gasteiger partial charge in [0, 0.05) is 36.7 Å². The SMILES string of the molecule is CCCCn1c(SCC(=O)Nc2ccc(N3CCOCC3)cc2)nc(C)c1C. The average Bonchev–Trinajstić information content (AvgIpc) is 2.99. The number of morpholine rings is 1. The van der Waals surface area contributed by atoms with Gasteiger partial charge in [-0.25, -0.2) is 4.98 Å². The smallest absolute Gasteiger partial charge is 0.234 e. The molecular weight excluding hydrogens is 372 g/mol. The van der Waals surface area contributed by atoms with Gasteiger partial charge in [0.2, 0.25) is 5.91 Å². The number of hydrogen-bond donors (Lipinski definition) is 1. The molecule has 1 aliphatic rings. The van der Waals surface area contributed by atoms with Crippen LogP contribution in [0.3, 0.4) is 0 Å². The second-order valence-corrected chi connectivity index (χ2v) is 8.00. The number of unbranched alkanes of at least 4 members (excludes halogenated alkanes) is 1. The highest BCUT2D eigenvalue weighted by Gasteiger charge is 2.14. The molecule has 3 rings (SSSR count). The minimum Gasteiger partial charge on any atom is -0.378 e. The second kappa shape index (κ2) is 9.98. The van der Waals surface area contributed by atoms with Crippen molar-refractivity contribution >= 4 is 29.0 Å². The van der Waals surface area contributed by atoms with Gasteiger partial charge < -0.3 is 19.5 Å². The molecule has 0 radical (unpaired) electrons. The predicted molar refractivity (Wildman–Crippen MR) is 115 cm³/mol. The highest BCUT2D eigenvalue weighted by Crippen LogP contribution is 2.23. The van der Waals surface area contributed by atoms with Gasteiger partial charge in [0.15, 0.2) is 5.16 Å². The number of benzene rings is 1. The summed E-state index contributed by atoms with van der Waals surface area (Å²) < 4.78 is 7.62. The lowest BCUT2D eigenvalue weighted by Crippen LogP contribution is -2.36. The summed E-state index contributed by atoms with van der Waals surface area (Å²) in [5, 5.41) is 3.92. The van der Waals surface area contributed by atoms with Crippen LogP contribution in [0.1, 0.15) is 31.2 Å². The third-order valence-corrected chi connectivity index (χ3v) is 5.99. The van der Waals surface area contributed by atoms with Crippen LogP contribution in [-0.2, 0) is 16.1 Å². The Morgan fingerprint density at radius 1 is 1.21 bits per heavy atom. The fourth-order valence-electron chi connectivity index (χ4n) is 3.22. The third-order valence-electron chi connectivity index (χ3n) is 5.02. The molecule has 0 bridgehead atoms. The number of thioether (sulfide) groups is 1. The number of carbonyl (C=O) groups excluding carboxylic acids is 1. The van der Waals surface area contributed by atoms with Crippen molar-refractivity contribution in [3.63, 3.8) is 0 Å². The number of aryl methyl sites for hydroxylation is 1. The fourth-order valence-corrected chi connectivity index (χ4v) is 4.14. The van der Waals surface area contributed by atoms with Crippen molar-refractivity contribution < 1.29 is 9.53 Å². The number of hydrogen-bond acceptors (Lipinski definition) is 5. The van der Waals surface area contributed by atoms with E-state index in [1.54, 1.807) is 0 Å². The van der Waals surface area contributed by atoms with E-state index in [2.05, 4.69) is 45.7 Å².